The average Bonchev–Trinajstić information content (AvgIpc) is 2.92. The molecule has 2 atom stereocenters. The van der Waals surface area contributed by atoms with Gasteiger partial charge in [0.2, 0.25) is 5.91 Å². The maximum absolute atomic E-state index is 11.4. The summed E-state index contributed by atoms with van der Waals surface area (Å²) in [5, 5.41) is 11.1. The summed E-state index contributed by atoms with van der Waals surface area (Å²) in [7, 11) is 0. The number of rotatable bonds is 7. The topological polar surface area (TPSA) is 75.6 Å². The molecular formula is C10H17NO4. The molecular weight excluding hydrogens is 198 g/mol. The van der Waals surface area contributed by atoms with Crippen molar-refractivity contribution in [1.29, 1.82) is 0 Å². The van der Waals surface area contributed by atoms with Gasteiger partial charge in [-0.05, 0) is 19.8 Å². The van der Waals surface area contributed by atoms with Crippen molar-refractivity contribution >= 4 is 11.9 Å². The summed E-state index contributed by atoms with van der Waals surface area (Å²) in [5.41, 5.74) is 0. The maximum atomic E-state index is 11.4. The molecule has 15 heavy (non-hydrogen) atoms. The van der Waals surface area contributed by atoms with Gasteiger partial charge in [0.05, 0.1) is 12.0 Å². The number of carboxylic acid groups (broad SMARTS) is 1. The second-order valence-electron chi connectivity index (χ2n) is 3.62. The van der Waals surface area contributed by atoms with Gasteiger partial charge in [-0.1, -0.05) is 0 Å². The van der Waals surface area contributed by atoms with Crippen molar-refractivity contribution in [3.63, 3.8) is 0 Å². The van der Waals surface area contributed by atoms with Gasteiger partial charge in [0.15, 0.2) is 0 Å². The molecule has 1 saturated carbocycles. The Hall–Kier alpha value is -1.10. The van der Waals surface area contributed by atoms with Crippen LogP contribution in [-0.4, -0.2) is 36.2 Å². The molecule has 1 aliphatic rings. The SMILES string of the molecule is CCOC1CC1C(=O)NCCCC(=O)O. The minimum absolute atomic E-state index is 0.0150. The third-order valence-electron chi connectivity index (χ3n) is 2.32. The molecule has 0 aromatic carbocycles. The van der Waals surface area contributed by atoms with Crippen molar-refractivity contribution < 1.29 is 19.4 Å². The van der Waals surface area contributed by atoms with Gasteiger partial charge in [0, 0.05) is 19.6 Å². The van der Waals surface area contributed by atoms with E-state index in [1.54, 1.807) is 0 Å². The van der Waals surface area contributed by atoms with Gasteiger partial charge in [-0.15, -0.1) is 0 Å². The van der Waals surface area contributed by atoms with Gasteiger partial charge in [0.25, 0.3) is 0 Å². The van der Waals surface area contributed by atoms with Gasteiger partial charge in [-0.25, -0.2) is 0 Å². The van der Waals surface area contributed by atoms with E-state index in [4.69, 9.17) is 9.84 Å². The van der Waals surface area contributed by atoms with Crippen molar-refractivity contribution in [2.24, 2.45) is 5.92 Å². The number of aliphatic carboxylic acids is 1. The Morgan fingerprint density at radius 2 is 2.27 bits per heavy atom. The van der Waals surface area contributed by atoms with Crippen molar-refractivity contribution in [3.05, 3.63) is 0 Å². The number of carboxylic acids is 1. The number of carbonyl (C=O) groups is 2. The van der Waals surface area contributed by atoms with Crippen molar-refractivity contribution in [1.82, 2.24) is 5.32 Å². The highest BCUT2D eigenvalue weighted by molar-refractivity contribution is 5.82. The molecule has 1 aliphatic carbocycles. The minimum Gasteiger partial charge on any atom is -0.481 e. The first-order chi connectivity index (χ1) is 7.15. The molecule has 0 saturated heterocycles. The van der Waals surface area contributed by atoms with E-state index in [1.165, 1.54) is 0 Å². The van der Waals surface area contributed by atoms with Gasteiger partial charge >= 0.3 is 5.97 Å². The lowest BCUT2D eigenvalue weighted by molar-refractivity contribution is -0.137. The van der Waals surface area contributed by atoms with Crippen LogP contribution in [0.2, 0.25) is 0 Å². The lowest BCUT2D eigenvalue weighted by Crippen LogP contribution is -2.27. The second kappa shape index (κ2) is 5.70. The van der Waals surface area contributed by atoms with Gasteiger partial charge in [0.1, 0.15) is 0 Å². The van der Waals surface area contributed by atoms with Crippen LogP contribution in [0.3, 0.4) is 0 Å². The van der Waals surface area contributed by atoms with Crippen LogP contribution in [0.25, 0.3) is 0 Å². The lowest BCUT2D eigenvalue weighted by Gasteiger charge is -2.03. The first-order valence-corrected chi connectivity index (χ1v) is 5.26. The molecule has 0 aromatic rings. The Kier molecular flexibility index (Phi) is 4.55. The first kappa shape index (κ1) is 12.0. The first-order valence-electron chi connectivity index (χ1n) is 5.26. The average molecular weight is 215 g/mol. The maximum Gasteiger partial charge on any atom is 0.303 e. The fourth-order valence-electron chi connectivity index (χ4n) is 1.43. The molecule has 2 N–H and O–H groups in total. The molecule has 0 radical (unpaired) electrons. The van der Waals surface area contributed by atoms with Crippen LogP contribution in [0.15, 0.2) is 0 Å². The fraction of sp³-hybridized carbons (Fsp3) is 0.800. The molecule has 1 fully saturated rings. The van der Waals surface area contributed by atoms with Crippen LogP contribution in [0.1, 0.15) is 26.2 Å². The largest absolute Gasteiger partial charge is 0.481 e. The molecule has 2 unspecified atom stereocenters. The summed E-state index contributed by atoms with van der Waals surface area (Å²) < 4.78 is 5.28. The predicted octanol–water partition coefficient (Wildman–Crippen LogP) is 0.392. The highest BCUT2D eigenvalue weighted by Gasteiger charge is 2.43. The van der Waals surface area contributed by atoms with E-state index >= 15 is 0 Å². The zero-order valence-electron chi connectivity index (χ0n) is 8.86. The van der Waals surface area contributed by atoms with Crippen LogP contribution in [0, 0.1) is 5.92 Å². The van der Waals surface area contributed by atoms with E-state index in [-0.39, 0.29) is 24.3 Å². The Balaban J connectivity index is 2.03. The van der Waals surface area contributed by atoms with E-state index in [0.717, 1.165) is 6.42 Å². The van der Waals surface area contributed by atoms with Crippen LogP contribution in [0.4, 0.5) is 0 Å². The number of nitrogens with one attached hydrogen (secondary N) is 1. The lowest BCUT2D eigenvalue weighted by atomic mass is 10.3. The summed E-state index contributed by atoms with van der Waals surface area (Å²) in [5.74, 6) is -0.864. The fourth-order valence-corrected chi connectivity index (χ4v) is 1.43. The Morgan fingerprint density at radius 3 is 2.87 bits per heavy atom. The van der Waals surface area contributed by atoms with E-state index in [0.29, 0.717) is 19.6 Å². The summed E-state index contributed by atoms with van der Waals surface area (Å²) >= 11 is 0. The molecule has 0 heterocycles. The standard InChI is InChI=1S/C10H17NO4/c1-2-15-8-6-7(8)10(14)11-5-3-4-9(12)13/h7-8H,2-6H2,1H3,(H,11,14)(H,12,13). The van der Waals surface area contributed by atoms with Crippen molar-refractivity contribution in [3.8, 4) is 0 Å². The third kappa shape index (κ3) is 4.29. The molecule has 1 rings (SSSR count). The summed E-state index contributed by atoms with van der Waals surface area (Å²) in [4.78, 5) is 21.6. The zero-order valence-corrected chi connectivity index (χ0v) is 8.86. The Labute approximate surface area is 88.8 Å². The van der Waals surface area contributed by atoms with E-state index in [1.807, 2.05) is 6.92 Å². The zero-order chi connectivity index (χ0) is 11.3. The van der Waals surface area contributed by atoms with Crippen LogP contribution >= 0.6 is 0 Å². The minimum atomic E-state index is -0.831. The number of ether oxygens (including phenoxy) is 1. The molecule has 0 aromatic heterocycles. The highest BCUT2D eigenvalue weighted by Crippen LogP contribution is 2.33. The predicted molar refractivity (Wildman–Crippen MR) is 53.4 cm³/mol. The number of hydrogen-bond acceptors (Lipinski definition) is 3. The van der Waals surface area contributed by atoms with Crippen molar-refractivity contribution in [2.45, 2.75) is 32.3 Å². The molecule has 5 heteroatoms. The molecule has 86 valence electrons. The number of carbonyl (C=O) groups excluding carboxylic acids is 1. The van der Waals surface area contributed by atoms with E-state index in [9.17, 15) is 9.59 Å². The monoisotopic (exact) mass is 215 g/mol. The van der Waals surface area contributed by atoms with Crippen LogP contribution < -0.4 is 5.32 Å². The van der Waals surface area contributed by atoms with Crippen LogP contribution in [-0.2, 0) is 14.3 Å². The molecule has 1 amide bonds. The third-order valence-corrected chi connectivity index (χ3v) is 2.32. The molecule has 0 aliphatic heterocycles. The molecule has 5 nitrogen and oxygen atoms in total. The van der Waals surface area contributed by atoms with Gasteiger partial charge in [-0.3, -0.25) is 9.59 Å². The van der Waals surface area contributed by atoms with Crippen LogP contribution in [0.5, 0.6) is 0 Å². The normalized spacial score (nSPS) is 23.5. The Bertz CT molecular complexity index is 242. The summed E-state index contributed by atoms with van der Waals surface area (Å²) in [6.45, 7) is 2.97. The quantitative estimate of drug-likeness (QED) is 0.602. The highest BCUT2D eigenvalue weighted by atomic mass is 16.5. The number of hydrogen-bond donors (Lipinski definition) is 2. The summed E-state index contributed by atoms with van der Waals surface area (Å²) in [6.07, 6.45) is 1.44. The molecule has 0 spiro atoms. The Morgan fingerprint density at radius 1 is 1.53 bits per heavy atom. The smallest absolute Gasteiger partial charge is 0.303 e. The number of amides is 1. The summed E-state index contributed by atoms with van der Waals surface area (Å²) in [6, 6.07) is 0. The van der Waals surface area contributed by atoms with Gasteiger partial charge in [-0.2, -0.15) is 0 Å². The van der Waals surface area contributed by atoms with Gasteiger partial charge < -0.3 is 15.2 Å². The van der Waals surface area contributed by atoms with E-state index < -0.39 is 5.97 Å². The second-order valence-corrected chi connectivity index (χ2v) is 3.62. The van der Waals surface area contributed by atoms with E-state index in [2.05, 4.69) is 5.32 Å². The van der Waals surface area contributed by atoms with Crippen molar-refractivity contribution in [2.75, 3.05) is 13.2 Å². The molecule has 0 bridgehead atoms.